The molecular formula is C21H16N2O2S2. The minimum atomic E-state index is -0.331. The van der Waals surface area contributed by atoms with Crippen molar-refractivity contribution in [1.82, 2.24) is 4.98 Å². The summed E-state index contributed by atoms with van der Waals surface area (Å²) in [5, 5.41) is 12.9. The van der Waals surface area contributed by atoms with Gasteiger partial charge >= 0.3 is 0 Å². The highest BCUT2D eigenvalue weighted by Crippen LogP contribution is 2.34. The number of benzene rings is 3. The molecular weight excluding hydrogens is 376 g/mol. The molecule has 0 aliphatic heterocycles. The van der Waals surface area contributed by atoms with Gasteiger partial charge in [-0.3, -0.25) is 4.79 Å². The highest BCUT2D eigenvalue weighted by molar-refractivity contribution is 8.01. The number of carbonyl (C=O) groups is 1. The third kappa shape index (κ3) is 3.82. The highest BCUT2D eigenvalue weighted by atomic mass is 32.2. The summed E-state index contributed by atoms with van der Waals surface area (Å²) in [4.78, 5) is 18.0. The summed E-state index contributed by atoms with van der Waals surface area (Å²) in [5.41, 5.74) is 2.62. The summed E-state index contributed by atoms with van der Waals surface area (Å²) in [6.07, 6.45) is 0. The number of anilines is 1. The topological polar surface area (TPSA) is 62.2 Å². The predicted molar refractivity (Wildman–Crippen MR) is 111 cm³/mol. The summed E-state index contributed by atoms with van der Waals surface area (Å²) in [5.74, 6) is -0.319. The molecule has 0 aliphatic rings. The summed E-state index contributed by atoms with van der Waals surface area (Å²) in [6, 6.07) is 20.8. The van der Waals surface area contributed by atoms with Crippen LogP contribution in [0.4, 0.5) is 5.69 Å². The van der Waals surface area contributed by atoms with E-state index in [4.69, 9.17) is 0 Å². The number of aromatic nitrogens is 1. The lowest BCUT2D eigenvalue weighted by Crippen LogP contribution is -2.12. The van der Waals surface area contributed by atoms with Gasteiger partial charge in [0.1, 0.15) is 5.75 Å². The van der Waals surface area contributed by atoms with Crippen molar-refractivity contribution in [2.24, 2.45) is 0 Å². The number of fused-ring (bicyclic) bond motifs is 1. The number of amides is 1. The number of phenolic OH excluding ortho intramolecular Hbond substituents is 1. The van der Waals surface area contributed by atoms with Crippen molar-refractivity contribution in [2.75, 3.05) is 5.32 Å². The second kappa shape index (κ2) is 7.42. The molecule has 1 heterocycles. The molecule has 0 bridgehead atoms. The average Bonchev–Trinajstić information content (AvgIpc) is 3.08. The van der Waals surface area contributed by atoms with Crippen LogP contribution in [0, 0.1) is 6.92 Å². The first-order valence-electron chi connectivity index (χ1n) is 8.33. The molecule has 134 valence electrons. The number of carbonyl (C=O) groups excluding carboxylic acids is 1. The van der Waals surface area contributed by atoms with Crippen LogP contribution in [-0.4, -0.2) is 16.0 Å². The molecule has 2 N–H and O–H groups in total. The van der Waals surface area contributed by atoms with Crippen LogP contribution in [0.5, 0.6) is 5.75 Å². The quantitative estimate of drug-likeness (QED) is 0.467. The van der Waals surface area contributed by atoms with E-state index in [1.165, 1.54) is 4.70 Å². The number of aryl methyl sites for hydroxylation is 1. The lowest BCUT2D eigenvalue weighted by molar-refractivity contribution is 0.102. The SMILES string of the molecule is Cc1cccc(C(=O)Nc2ccc(Sc3nc4ccccc4s3)cc2)c1O. The monoisotopic (exact) mass is 392 g/mol. The Bertz CT molecular complexity index is 1090. The summed E-state index contributed by atoms with van der Waals surface area (Å²) in [7, 11) is 0. The summed E-state index contributed by atoms with van der Waals surface area (Å²) < 4.78 is 2.15. The van der Waals surface area contributed by atoms with Gasteiger partial charge < -0.3 is 10.4 Å². The zero-order chi connectivity index (χ0) is 18.8. The maximum absolute atomic E-state index is 12.4. The van der Waals surface area contributed by atoms with Crippen molar-refractivity contribution in [3.63, 3.8) is 0 Å². The van der Waals surface area contributed by atoms with Crippen LogP contribution in [-0.2, 0) is 0 Å². The molecule has 1 aromatic heterocycles. The third-order valence-corrected chi connectivity index (χ3v) is 6.18. The Hall–Kier alpha value is -2.83. The zero-order valence-corrected chi connectivity index (χ0v) is 16.1. The maximum Gasteiger partial charge on any atom is 0.259 e. The van der Waals surface area contributed by atoms with Crippen LogP contribution >= 0.6 is 23.1 Å². The number of phenols is 1. The van der Waals surface area contributed by atoms with E-state index in [-0.39, 0.29) is 17.2 Å². The van der Waals surface area contributed by atoms with Crippen LogP contribution in [0.1, 0.15) is 15.9 Å². The Morgan fingerprint density at radius 1 is 1.04 bits per heavy atom. The van der Waals surface area contributed by atoms with Crippen LogP contribution in [0.3, 0.4) is 0 Å². The highest BCUT2D eigenvalue weighted by Gasteiger charge is 2.13. The molecule has 6 heteroatoms. The van der Waals surface area contributed by atoms with Gasteiger partial charge in [-0.25, -0.2) is 4.98 Å². The molecule has 0 radical (unpaired) electrons. The number of thiazole rings is 1. The molecule has 0 atom stereocenters. The Morgan fingerprint density at radius 2 is 1.81 bits per heavy atom. The van der Waals surface area contributed by atoms with Crippen LogP contribution < -0.4 is 5.32 Å². The molecule has 3 aromatic carbocycles. The third-order valence-electron chi connectivity index (χ3n) is 4.07. The summed E-state index contributed by atoms with van der Waals surface area (Å²) in [6.45, 7) is 1.76. The zero-order valence-electron chi connectivity index (χ0n) is 14.5. The van der Waals surface area contributed by atoms with Gasteiger partial charge in [-0.2, -0.15) is 0 Å². The molecule has 0 spiro atoms. The second-order valence-corrected chi connectivity index (χ2v) is 8.35. The lowest BCUT2D eigenvalue weighted by Gasteiger charge is -2.09. The van der Waals surface area contributed by atoms with Gasteiger partial charge in [0.25, 0.3) is 5.91 Å². The fourth-order valence-electron chi connectivity index (χ4n) is 2.64. The van der Waals surface area contributed by atoms with E-state index < -0.39 is 0 Å². The predicted octanol–water partition coefficient (Wildman–Crippen LogP) is 5.71. The van der Waals surface area contributed by atoms with Gasteiger partial charge in [-0.1, -0.05) is 36.0 Å². The number of hydrogen-bond donors (Lipinski definition) is 2. The standard InChI is InChI=1S/C21H16N2O2S2/c1-13-5-4-6-16(19(13)24)20(25)22-14-9-11-15(12-10-14)26-21-23-17-7-2-3-8-18(17)27-21/h2-12,24H,1H3,(H,22,25). The fourth-order valence-corrected chi connectivity index (χ4v) is 4.68. The van der Waals surface area contributed by atoms with E-state index in [1.54, 1.807) is 48.2 Å². The van der Waals surface area contributed by atoms with Gasteiger partial charge in [0, 0.05) is 10.6 Å². The van der Waals surface area contributed by atoms with Gasteiger partial charge in [0.05, 0.1) is 15.8 Å². The first kappa shape index (κ1) is 17.6. The first-order chi connectivity index (χ1) is 13.1. The van der Waals surface area contributed by atoms with Gasteiger partial charge in [0.2, 0.25) is 0 Å². The number of rotatable bonds is 4. The molecule has 0 saturated heterocycles. The molecule has 1 amide bonds. The summed E-state index contributed by atoms with van der Waals surface area (Å²) >= 11 is 3.26. The number of nitrogens with one attached hydrogen (secondary N) is 1. The van der Waals surface area contributed by atoms with Crippen molar-refractivity contribution in [2.45, 2.75) is 16.2 Å². The molecule has 0 fully saturated rings. The normalized spacial score (nSPS) is 10.9. The smallest absolute Gasteiger partial charge is 0.259 e. The molecule has 27 heavy (non-hydrogen) atoms. The van der Waals surface area contributed by atoms with E-state index in [1.807, 2.05) is 42.5 Å². The van der Waals surface area contributed by atoms with Crippen LogP contribution in [0.2, 0.25) is 0 Å². The molecule has 4 nitrogen and oxygen atoms in total. The van der Waals surface area contributed by atoms with Crippen molar-refractivity contribution in [1.29, 1.82) is 0 Å². The number of hydrogen-bond acceptors (Lipinski definition) is 5. The van der Waals surface area contributed by atoms with Crippen molar-refractivity contribution >= 4 is 44.9 Å². The van der Waals surface area contributed by atoms with Crippen molar-refractivity contribution in [3.05, 3.63) is 77.9 Å². The minimum Gasteiger partial charge on any atom is -0.507 e. The van der Waals surface area contributed by atoms with Crippen LogP contribution in [0.15, 0.2) is 76.0 Å². The van der Waals surface area contributed by atoms with E-state index in [0.29, 0.717) is 11.3 Å². The fraction of sp³-hybridized carbons (Fsp3) is 0.0476. The largest absolute Gasteiger partial charge is 0.507 e. The molecule has 0 aliphatic carbocycles. The van der Waals surface area contributed by atoms with Gasteiger partial charge in [-0.05, 0) is 55.0 Å². The van der Waals surface area contributed by atoms with Crippen LogP contribution in [0.25, 0.3) is 10.2 Å². The average molecular weight is 393 g/mol. The Morgan fingerprint density at radius 3 is 2.59 bits per heavy atom. The Kier molecular flexibility index (Phi) is 4.83. The lowest BCUT2D eigenvalue weighted by atomic mass is 10.1. The van der Waals surface area contributed by atoms with E-state index in [9.17, 15) is 9.90 Å². The number of aromatic hydroxyl groups is 1. The molecule has 0 saturated carbocycles. The van der Waals surface area contributed by atoms with Gasteiger partial charge in [-0.15, -0.1) is 11.3 Å². The van der Waals surface area contributed by atoms with E-state index in [2.05, 4.69) is 16.4 Å². The van der Waals surface area contributed by atoms with Gasteiger partial charge in [0.15, 0.2) is 4.34 Å². The Labute approximate surface area is 164 Å². The second-order valence-electron chi connectivity index (χ2n) is 6.00. The van der Waals surface area contributed by atoms with Crippen molar-refractivity contribution in [3.8, 4) is 5.75 Å². The number of nitrogens with zero attached hydrogens (tertiary/aromatic N) is 1. The first-order valence-corrected chi connectivity index (χ1v) is 9.97. The minimum absolute atomic E-state index is 0.0120. The maximum atomic E-state index is 12.4. The van der Waals surface area contributed by atoms with Crippen molar-refractivity contribution < 1.29 is 9.90 Å². The number of para-hydroxylation sites is 2. The Balaban J connectivity index is 1.47. The molecule has 0 unspecified atom stereocenters. The molecule has 4 aromatic rings. The van der Waals surface area contributed by atoms with E-state index >= 15 is 0 Å². The van der Waals surface area contributed by atoms with E-state index in [0.717, 1.165) is 14.8 Å². The molecule has 4 rings (SSSR count).